The van der Waals surface area contributed by atoms with Crippen LogP contribution in [0.4, 0.5) is 0 Å². The van der Waals surface area contributed by atoms with Crippen molar-refractivity contribution in [3.8, 4) is 11.5 Å². The van der Waals surface area contributed by atoms with Crippen LogP contribution in [0.5, 0.6) is 11.5 Å². The maximum Gasteiger partial charge on any atom is 0.231 e. The summed E-state index contributed by atoms with van der Waals surface area (Å²) >= 11 is 3.55. The van der Waals surface area contributed by atoms with E-state index in [9.17, 15) is 0 Å². The first-order chi connectivity index (χ1) is 12.2. The molecular weight excluding hydrogens is 386 g/mol. The van der Waals surface area contributed by atoms with Crippen molar-refractivity contribution in [2.45, 2.75) is 26.3 Å². The van der Waals surface area contributed by atoms with Crippen LogP contribution in [0.3, 0.4) is 0 Å². The van der Waals surface area contributed by atoms with Gasteiger partial charge in [-0.3, -0.25) is 0 Å². The molecule has 1 spiro atoms. The van der Waals surface area contributed by atoms with Gasteiger partial charge < -0.3 is 24.4 Å². The standard InChI is InChI=1S/C18H24BrN3O3/c1-2-20-17(22-5-3-18(10-22)4-6-23-11-18)21-9-13-7-14(19)16-15(8-13)24-12-25-16/h7-8H,2-6,9-12H2,1H3,(H,20,21). The SMILES string of the molecule is CCNC(=NCc1cc(Br)c2c(c1)OCO2)N1CCC2(CCOC2)C1. The van der Waals surface area contributed by atoms with E-state index in [0.717, 1.165) is 66.8 Å². The zero-order chi connectivity index (χ0) is 17.3. The Morgan fingerprint density at radius 3 is 3.08 bits per heavy atom. The fourth-order valence-electron chi connectivity index (χ4n) is 3.79. The van der Waals surface area contributed by atoms with Gasteiger partial charge in [0.15, 0.2) is 17.5 Å². The van der Waals surface area contributed by atoms with Crippen LogP contribution in [0.15, 0.2) is 21.6 Å². The van der Waals surface area contributed by atoms with E-state index in [4.69, 9.17) is 19.2 Å². The number of ether oxygens (including phenoxy) is 3. The molecule has 3 aliphatic heterocycles. The van der Waals surface area contributed by atoms with Gasteiger partial charge in [0.25, 0.3) is 0 Å². The Morgan fingerprint density at radius 2 is 2.28 bits per heavy atom. The summed E-state index contributed by atoms with van der Waals surface area (Å²) < 4.78 is 17.5. The fraction of sp³-hybridized carbons (Fsp3) is 0.611. The Bertz CT molecular complexity index is 674. The lowest BCUT2D eigenvalue weighted by Gasteiger charge is -2.25. The Kier molecular flexibility index (Phi) is 4.78. The minimum absolute atomic E-state index is 0.279. The number of nitrogens with one attached hydrogen (secondary N) is 1. The summed E-state index contributed by atoms with van der Waals surface area (Å²) in [4.78, 5) is 7.24. The lowest BCUT2D eigenvalue weighted by molar-refractivity contribution is 0.156. The zero-order valence-corrected chi connectivity index (χ0v) is 16.1. The van der Waals surface area contributed by atoms with E-state index in [1.165, 1.54) is 6.42 Å². The summed E-state index contributed by atoms with van der Waals surface area (Å²) in [6, 6.07) is 4.06. The van der Waals surface area contributed by atoms with Crippen molar-refractivity contribution >= 4 is 21.9 Å². The van der Waals surface area contributed by atoms with Crippen LogP contribution >= 0.6 is 15.9 Å². The van der Waals surface area contributed by atoms with Gasteiger partial charge >= 0.3 is 0 Å². The van der Waals surface area contributed by atoms with E-state index in [0.29, 0.717) is 12.0 Å². The molecule has 1 aromatic rings. The third-order valence-corrected chi connectivity index (χ3v) is 5.75. The highest BCUT2D eigenvalue weighted by Crippen LogP contribution is 2.40. The number of nitrogens with zero attached hydrogens (tertiary/aromatic N) is 2. The summed E-state index contributed by atoms with van der Waals surface area (Å²) in [6.45, 7) is 7.72. The molecule has 1 unspecified atom stereocenters. The molecule has 0 amide bonds. The highest BCUT2D eigenvalue weighted by atomic mass is 79.9. The van der Waals surface area contributed by atoms with Crippen LogP contribution in [-0.4, -0.2) is 50.5 Å². The second-order valence-electron chi connectivity index (χ2n) is 6.96. The van der Waals surface area contributed by atoms with Crippen LogP contribution in [0.1, 0.15) is 25.3 Å². The minimum atomic E-state index is 0.279. The van der Waals surface area contributed by atoms with E-state index in [1.807, 2.05) is 6.07 Å². The summed E-state index contributed by atoms with van der Waals surface area (Å²) in [7, 11) is 0. The maximum absolute atomic E-state index is 5.64. The molecule has 7 heteroatoms. The highest BCUT2D eigenvalue weighted by molar-refractivity contribution is 9.10. The maximum atomic E-state index is 5.64. The first kappa shape index (κ1) is 17.0. The predicted molar refractivity (Wildman–Crippen MR) is 99.1 cm³/mol. The smallest absolute Gasteiger partial charge is 0.231 e. The van der Waals surface area contributed by atoms with Crippen molar-refractivity contribution in [2.24, 2.45) is 10.4 Å². The van der Waals surface area contributed by atoms with E-state index in [1.54, 1.807) is 0 Å². The zero-order valence-electron chi connectivity index (χ0n) is 14.5. The van der Waals surface area contributed by atoms with E-state index in [-0.39, 0.29) is 6.79 Å². The van der Waals surface area contributed by atoms with E-state index in [2.05, 4.69) is 39.1 Å². The van der Waals surface area contributed by atoms with Gasteiger partial charge in [-0.2, -0.15) is 0 Å². The Balaban J connectivity index is 1.48. The molecule has 0 aromatic heterocycles. The molecule has 0 bridgehead atoms. The number of likely N-dealkylation sites (tertiary alicyclic amines) is 1. The summed E-state index contributed by atoms with van der Waals surface area (Å²) in [5, 5.41) is 3.44. The molecule has 136 valence electrons. The average Bonchev–Trinajstić information content (AvgIpc) is 3.34. The van der Waals surface area contributed by atoms with Crippen molar-refractivity contribution in [1.29, 1.82) is 0 Å². The summed E-state index contributed by atoms with van der Waals surface area (Å²) in [5.41, 5.74) is 1.43. The third kappa shape index (κ3) is 3.44. The molecule has 3 aliphatic rings. The average molecular weight is 410 g/mol. The van der Waals surface area contributed by atoms with Crippen LogP contribution < -0.4 is 14.8 Å². The van der Waals surface area contributed by atoms with Gasteiger partial charge in [0, 0.05) is 31.7 Å². The topological polar surface area (TPSA) is 55.3 Å². The van der Waals surface area contributed by atoms with Gasteiger partial charge in [0.2, 0.25) is 6.79 Å². The predicted octanol–water partition coefficient (Wildman–Crippen LogP) is 2.76. The number of rotatable bonds is 3. The van der Waals surface area contributed by atoms with Gasteiger partial charge in [-0.05, 0) is 53.4 Å². The first-order valence-corrected chi connectivity index (χ1v) is 9.67. The monoisotopic (exact) mass is 409 g/mol. The number of halogens is 1. The second kappa shape index (κ2) is 7.03. The summed E-state index contributed by atoms with van der Waals surface area (Å²) in [6.07, 6.45) is 2.35. The van der Waals surface area contributed by atoms with Crippen molar-refractivity contribution < 1.29 is 14.2 Å². The van der Waals surface area contributed by atoms with Crippen LogP contribution in [0.25, 0.3) is 0 Å². The van der Waals surface area contributed by atoms with Crippen molar-refractivity contribution in [3.63, 3.8) is 0 Å². The van der Waals surface area contributed by atoms with Crippen molar-refractivity contribution in [2.75, 3.05) is 39.6 Å². The molecule has 1 atom stereocenters. The lowest BCUT2D eigenvalue weighted by Crippen LogP contribution is -2.41. The Labute approximate surface area is 156 Å². The molecule has 3 heterocycles. The normalized spacial score (nSPS) is 25.2. The Hall–Kier alpha value is -1.47. The van der Waals surface area contributed by atoms with Gasteiger partial charge in [-0.15, -0.1) is 0 Å². The van der Waals surface area contributed by atoms with Crippen molar-refractivity contribution in [1.82, 2.24) is 10.2 Å². The minimum Gasteiger partial charge on any atom is -0.454 e. The largest absolute Gasteiger partial charge is 0.454 e. The highest BCUT2D eigenvalue weighted by Gasteiger charge is 2.42. The van der Waals surface area contributed by atoms with Gasteiger partial charge in [-0.1, -0.05) is 0 Å². The van der Waals surface area contributed by atoms with Crippen molar-refractivity contribution in [3.05, 3.63) is 22.2 Å². The molecule has 0 radical (unpaired) electrons. The van der Waals surface area contributed by atoms with E-state index >= 15 is 0 Å². The molecule has 0 saturated carbocycles. The number of hydrogen-bond acceptors (Lipinski definition) is 4. The molecule has 2 saturated heterocycles. The van der Waals surface area contributed by atoms with Gasteiger partial charge in [0.1, 0.15) is 0 Å². The number of aliphatic imine (C=N–C) groups is 1. The fourth-order valence-corrected chi connectivity index (χ4v) is 4.40. The van der Waals surface area contributed by atoms with Crippen LogP contribution in [0.2, 0.25) is 0 Å². The molecule has 1 N–H and O–H groups in total. The molecule has 4 rings (SSSR count). The first-order valence-electron chi connectivity index (χ1n) is 8.88. The molecular formula is C18H24BrN3O3. The number of fused-ring (bicyclic) bond motifs is 1. The van der Waals surface area contributed by atoms with E-state index < -0.39 is 0 Å². The summed E-state index contributed by atoms with van der Waals surface area (Å²) in [5.74, 6) is 2.55. The van der Waals surface area contributed by atoms with Crippen LogP contribution in [-0.2, 0) is 11.3 Å². The lowest BCUT2D eigenvalue weighted by atomic mass is 9.87. The molecule has 1 aromatic carbocycles. The number of hydrogen-bond donors (Lipinski definition) is 1. The second-order valence-corrected chi connectivity index (χ2v) is 7.81. The molecule has 6 nitrogen and oxygen atoms in total. The van der Waals surface area contributed by atoms with Gasteiger partial charge in [0.05, 0.1) is 17.6 Å². The number of benzene rings is 1. The number of guanidine groups is 1. The quantitative estimate of drug-likeness (QED) is 0.614. The molecule has 0 aliphatic carbocycles. The third-order valence-electron chi connectivity index (χ3n) is 5.16. The van der Waals surface area contributed by atoms with Crippen LogP contribution in [0, 0.1) is 5.41 Å². The Morgan fingerprint density at radius 1 is 1.36 bits per heavy atom. The van der Waals surface area contributed by atoms with Gasteiger partial charge in [-0.25, -0.2) is 4.99 Å². The molecule has 25 heavy (non-hydrogen) atoms. The molecule has 2 fully saturated rings.